The van der Waals surface area contributed by atoms with Crippen LogP contribution in [0.1, 0.15) is 41.2 Å². The van der Waals surface area contributed by atoms with Crippen molar-refractivity contribution in [3.8, 4) is 0 Å². The van der Waals surface area contributed by atoms with Crippen LogP contribution < -0.4 is 11.1 Å². The van der Waals surface area contributed by atoms with Crippen molar-refractivity contribution in [1.82, 2.24) is 15.1 Å². The van der Waals surface area contributed by atoms with Crippen LogP contribution in [0.25, 0.3) is 0 Å². The van der Waals surface area contributed by atoms with E-state index in [2.05, 4.69) is 16.5 Å². The molecule has 0 saturated heterocycles. The number of nitrogens with one attached hydrogen (secondary N) is 1. The molecule has 1 radical (unpaired) electrons. The SMILES string of the molecule is CC(C)(O)CNC(=O)c1[c]c(C(N)=O)nn1CCC(F)(F)F. The Kier molecular flexibility index (Phi) is 5.17. The van der Waals surface area contributed by atoms with Crippen molar-refractivity contribution >= 4 is 11.8 Å². The van der Waals surface area contributed by atoms with Crippen molar-refractivity contribution in [2.75, 3.05) is 6.54 Å². The van der Waals surface area contributed by atoms with Gasteiger partial charge in [0.15, 0.2) is 5.69 Å². The Labute approximate surface area is 124 Å². The average Bonchev–Trinajstić information content (AvgIpc) is 2.76. The molecule has 0 aliphatic rings. The number of nitrogens with two attached hydrogens (primary N) is 1. The number of carbonyl (C=O) groups is 2. The zero-order valence-electron chi connectivity index (χ0n) is 12.0. The molecule has 0 saturated carbocycles. The van der Waals surface area contributed by atoms with Crippen LogP contribution in [0.2, 0.25) is 0 Å². The van der Waals surface area contributed by atoms with Gasteiger partial charge in [0, 0.05) is 6.54 Å². The van der Waals surface area contributed by atoms with Gasteiger partial charge < -0.3 is 16.2 Å². The van der Waals surface area contributed by atoms with Crippen LogP contribution in [0.3, 0.4) is 0 Å². The van der Waals surface area contributed by atoms with Gasteiger partial charge in [-0.1, -0.05) is 0 Å². The number of aliphatic hydroxyl groups is 1. The third-order valence-corrected chi connectivity index (χ3v) is 2.45. The van der Waals surface area contributed by atoms with E-state index < -0.39 is 42.3 Å². The van der Waals surface area contributed by atoms with Crippen LogP contribution in [-0.4, -0.2) is 45.0 Å². The molecule has 0 spiro atoms. The van der Waals surface area contributed by atoms with Crippen molar-refractivity contribution < 1.29 is 27.9 Å². The van der Waals surface area contributed by atoms with Crippen molar-refractivity contribution in [1.29, 1.82) is 0 Å². The summed E-state index contributed by atoms with van der Waals surface area (Å²) in [6.45, 7) is 2.08. The number of alkyl halides is 3. The van der Waals surface area contributed by atoms with Crippen LogP contribution in [0.4, 0.5) is 13.2 Å². The van der Waals surface area contributed by atoms with E-state index in [0.717, 1.165) is 0 Å². The zero-order chi connectivity index (χ0) is 17.1. The molecule has 10 heteroatoms. The van der Waals surface area contributed by atoms with E-state index in [1.165, 1.54) is 13.8 Å². The van der Waals surface area contributed by atoms with Crippen molar-refractivity contribution in [3.63, 3.8) is 0 Å². The van der Waals surface area contributed by atoms with Gasteiger partial charge in [0.2, 0.25) is 0 Å². The molecular weight excluding hydrogens is 305 g/mol. The molecule has 0 unspecified atom stereocenters. The summed E-state index contributed by atoms with van der Waals surface area (Å²) >= 11 is 0. The Bertz CT molecular complexity index is 561. The first-order valence-electron chi connectivity index (χ1n) is 6.26. The molecule has 22 heavy (non-hydrogen) atoms. The summed E-state index contributed by atoms with van der Waals surface area (Å²) in [5.74, 6) is -1.83. The fraction of sp³-hybridized carbons (Fsp3) is 0.583. The lowest BCUT2D eigenvalue weighted by atomic mass is 10.1. The summed E-state index contributed by atoms with van der Waals surface area (Å²) < 4.78 is 37.5. The fourth-order valence-corrected chi connectivity index (χ4v) is 1.43. The van der Waals surface area contributed by atoms with Gasteiger partial charge in [0.1, 0.15) is 5.69 Å². The van der Waals surface area contributed by atoms with E-state index >= 15 is 0 Å². The molecule has 1 aromatic heterocycles. The van der Waals surface area contributed by atoms with Crippen molar-refractivity contribution in [3.05, 3.63) is 17.5 Å². The quantitative estimate of drug-likeness (QED) is 0.697. The molecule has 0 aliphatic carbocycles. The summed E-state index contributed by atoms with van der Waals surface area (Å²) in [4.78, 5) is 23.0. The number of aromatic nitrogens is 2. The van der Waals surface area contributed by atoms with Gasteiger partial charge in [-0.2, -0.15) is 18.3 Å². The second-order valence-corrected chi connectivity index (χ2v) is 5.27. The van der Waals surface area contributed by atoms with Gasteiger partial charge in [-0.3, -0.25) is 14.3 Å². The maximum atomic E-state index is 12.3. The zero-order valence-corrected chi connectivity index (χ0v) is 12.0. The third-order valence-electron chi connectivity index (χ3n) is 2.45. The first-order chi connectivity index (χ1) is 9.89. The van der Waals surface area contributed by atoms with Crippen LogP contribution in [0, 0.1) is 6.07 Å². The second-order valence-electron chi connectivity index (χ2n) is 5.27. The summed E-state index contributed by atoms with van der Waals surface area (Å²) in [5.41, 5.74) is 2.98. The summed E-state index contributed by atoms with van der Waals surface area (Å²) in [6, 6.07) is 2.27. The van der Waals surface area contributed by atoms with Gasteiger partial charge in [-0.25, -0.2) is 0 Å². The Morgan fingerprint density at radius 3 is 2.45 bits per heavy atom. The van der Waals surface area contributed by atoms with Crippen LogP contribution in [0.5, 0.6) is 0 Å². The first-order valence-corrected chi connectivity index (χ1v) is 6.26. The monoisotopic (exact) mass is 321 g/mol. The number of carbonyl (C=O) groups excluding carboxylic acids is 2. The molecule has 7 nitrogen and oxygen atoms in total. The van der Waals surface area contributed by atoms with E-state index in [0.29, 0.717) is 4.68 Å². The summed E-state index contributed by atoms with van der Waals surface area (Å²) in [6.07, 6.45) is -5.67. The summed E-state index contributed by atoms with van der Waals surface area (Å²) in [5, 5.41) is 15.4. The van der Waals surface area contributed by atoms with E-state index in [4.69, 9.17) is 5.73 Å². The molecule has 0 aromatic carbocycles. The molecule has 0 fully saturated rings. The Hall–Kier alpha value is -2.10. The number of nitrogens with zero attached hydrogens (tertiary/aromatic N) is 2. The molecule has 0 aliphatic heterocycles. The number of amides is 2. The van der Waals surface area contributed by atoms with Gasteiger partial charge in [-0.15, -0.1) is 0 Å². The van der Waals surface area contributed by atoms with E-state index in [9.17, 15) is 27.9 Å². The molecule has 1 aromatic rings. The predicted octanol–water partition coefficient (Wildman–Crippen LogP) is 0.235. The molecule has 4 N–H and O–H groups in total. The molecule has 1 rings (SSSR count). The smallest absolute Gasteiger partial charge is 0.389 e. The molecule has 0 atom stereocenters. The molecule has 1 heterocycles. The first kappa shape index (κ1) is 18.0. The van der Waals surface area contributed by atoms with E-state index in [-0.39, 0.29) is 12.2 Å². The highest BCUT2D eigenvalue weighted by atomic mass is 19.4. The Morgan fingerprint density at radius 2 is 2.00 bits per heavy atom. The summed E-state index contributed by atoms with van der Waals surface area (Å²) in [7, 11) is 0. The lowest BCUT2D eigenvalue weighted by Crippen LogP contribution is -2.39. The van der Waals surface area contributed by atoms with Gasteiger partial charge in [-0.05, 0) is 13.8 Å². The van der Waals surface area contributed by atoms with Crippen LogP contribution in [-0.2, 0) is 6.54 Å². The standard InChI is InChI=1S/C12H16F3N4O3/c1-11(2,22)6-17-10(21)8-5-7(9(16)20)18-19(8)4-3-12(13,14)15/h22H,3-4,6H2,1-2H3,(H2,16,20)(H,17,21). The van der Waals surface area contributed by atoms with E-state index in [1.54, 1.807) is 0 Å². The predicted molar refractivity (Wildman–Crippen MR) is 68.9 cm³/mol. The third kappa shape index (κ3) is 5.72. The maximum Gasteiger partial charge on any atom is 0.390 e. The highest BCUT2D eigenvalue weighted by molar-refractivity contribution is 5.96. The van der Waals surface area contributed by atoms with Crippen molar-refractivity contribution in [2.45, 2.75) is 38.6 Å². The normalized spacial score (nSPS) is 12.3. The lowest BCUT2D eigenvalue weighted by molar-refractivity contribution is -0.137. The molecule has 0 bridgehead atoms. The fourth-order valence-electron chi connectivity index (χ4n) is 1.43. The number of aryl methyl sites for hydroxylation is 1. The van der Waals surface area contributed by atoms with Gasteiger partial charge >= 0.3 is 6.18 Å². The lowest BCUT2D eigenvalue weighted by Gasteiger charge is -2.17. The highest BCUT2D eigenvalue weighted by Gasteiger charge is 2.29. The van der Waals surface area contributed by atoms with E-state index in [1.807, 2.05) is 0 Å². The maximum absolute atomic E-state index is 12.3. The average molecular weight is 321 g/mol. The number of hydrogen-bond donors (Lipinski definition) is 3. The second kappa shape index (κ2) is 6.34. The van der Waals surface area contributed by atoms with Crippen molar-refractivity contribution in [2.24, 2.45) is 5.73 Å². The molecule has 2 amide bonds. The highest BCUT2D eigenvalue weighted by Crippen LogP contribution is 2.20. The number of rotatable bonds is 6. The largest absolute Gasteiger partial charge is 0.390 e. The minimum atomic E-state index is -4.44. The number of halogens is 3. The minimum absolute atomic E-state index is 0.143. The number of primary amides is 1. The Balaban J connectivity index is 2.95. The molecular formula is C12H16F3N4O3. The molecule has 123 valence electrons. The number of hydrogen-bond acceptors (Lipinski definition) is 4. The minimum Gasteiger partial charge on any atom is -0.389 e. The Morgan fingerprint density at radius 1 is 1.41 bits per heavy atom. The van der Waals surface area contributed by atoms with Crippen LogP contribution in [0.15, 0.2) is 0 Å². The van der Waals surface area contributed by atoms with Gasteiger partial charge in [0.25, 0.3) is 11.8 Å². The van der Waals surface area contributed by atoms with Crippen LogP contribution >= 0.6 is 0 Å². The van der Waals surface area contributed by atoms with Gasteiger partial charge in [0.05, 0.1) is 24.6 Å². The topological polar surface area (TPSA) is 110 Å².